The Morgan fingerprint density at radius 2 is 2.04 bits per heavy atom. The molecular weight excluding hydrogens is 311 g/mol. The van der Waals surface area contributed by atoms with E-state index in [-0.39, 0.29) is 5.82 Å². The van der Waals surface area contributed by atoms with E-state index in [1.807, 2.05) is 26.8 Å². The topological polar surface area (TPSA) is 58.6 Å². The second-order valence-corrected chi connectivity index (χ2v) is 6.73. The van der Waals surface area contributed by atoms with E-state index in [9.17, 15) is 14.0 Å². The van der Waals surface area contributed by atoms with Crippen LogP contribution in [-0.2, 0) is 16.0 Å². The van der Waals surface area contributed by atoms with Crippen LogP contribution in [0.3, 0.4) is 0 Å². The van der Waals surface area contributed by atoms with Crippen LogP contribution in [0.2, 0.25) is 0 Å². The van der Waals surface area contributed by atoms with Crippen LogP contribution in [0.4, 0.5) is 9.18 Å². The smallest absolute Gasteiger partial charge is 0.410 e. The molecule has 0 fully saturated rings. The number of carbonyl (C=O) groups excluding carboxylic acids is 2. The first-order valence-electron chi connectivity index (χ1n) is 8.13. The first-order valence-corrected chi connectivity index (χ1v) is 8.13. The van der Waals surface area contributed by atoms with Gasteiger partial charge >= 0.3 is 6.09 Å². The van der Waals surface area contributed by atoms with E-state index in [2.05, 4.69) is 5.32 Å². The molecule has 0 aliphatic rings. The Labute approximate surface area is 143 Å². The van der Waals surface area contributed by atoms with Crippen molar-refractivity contribution in [2.24, 2.45) is 0 Å². The van der Waals surface area contributed by atoms with Gasteiger partial charge < -0.3 is 15.0 Å². The van der Waals surface area contributed by atoms with Gasteiger partial charge in [-0.05, 0) is 57.7 Å². The van der Waals surface area contributed by atoms with Crippen LogP contribution in [0, 0.1) is 12.7 Å². The normalized spacial score (nSPS) is 11.0. The number of nitrogens with zero attached hydrogens (tertiary/aromatic N) is 1. The molecular formula is C18H27FN2O3. The fourth-order valence-electron chi connectivity index (χ4n) is 2.15. The van der Waals surface area contributed by atoms with E-state index >= 15 is 0 Å². The van der Waals surface area contributed by atoms with Crippen molar-refractivity contribution >= 4 is 12.5 Å². The second-order valence-electron chi connectivity index (χ2n) is 6.73. The highest BCUT2D eigenvalue weighted by Gasteiger charge is 2.21. The van der Waals surface area contributed by atoms with Gasteiger partial charge in [-0.1, -0.05) is 12.1 Å². The zero-order chi connectivity index (χ0) is 18.2. The van der Waals surface area contributed by atoms with Gasteiger partial charge in [-0.2, -0.15) is 0 Å². The number of benzene rings is 1. The van der Waals surface area contributed by atoms with Gasteiger partial charge in [0.1, 0.15) is 11.4 Å². The summed E-state index contributed by atoms with van der Waals surface area (Å²) in [4.78, 5) is 24.1. The minimum atomic E-state index is -0.576. The summed E-state index contributed by atoms with van der Waals surface area (Å²) < 4.78 is 18.9. The molecule has 0 bridgehead atoms. The van der Waals surface area contributed by atoms with Gasteiger partial charge in [0.15, 0.2) is 0 Å². The molecule has 0 atom stereocenters. The summed E-state index contributed by atoms with van der Waals surface area (Å²) in [5.41, 5.74) is 0.940. The van der Waals surface area contributed by atoms with Gasteiger partial charge in [0.25, 0.3) is 0 Å². The number of ether oxygens (including phenoxy) is 1. The molecule has 2 amide bonds. The molecule has 6 heteroatoms. The lowest BCUT2D eigenvalue weighted by atomic mass is 10.1. The number of amides is 2. The quantitative estimate of drug-likeness (QED) is 0.585. The fraction of sp³-hybridized carbons (Fsp3) is 0.556. The van der Waals surface area contributed by atoms with Gasteiger partial charge in [0, 0.05) is 19.6 Å². The SMILES string of the molecule is Cc1ccc(CCCN(CCNC=O)C(=O)OC(C)(C)C)cc1F. The molecule has 0 aliphatic heterocycles. The van der Waals surface area contributed by atoms with Crippen molar-refractivity contribution in [1.29, 1.82) is 0 Å². The third-order valence-corrected chi connectivity index (χ3v) is 3.39. The van der Waals surface area contributed by atoms with E-state index < -0.39 is 11.7 Å². The maximum atomic E-state index is 13.6. The van der Waals surface area contributed by atoms with E-state index in [1.165, 1.54) is 6.07 Å². The highest BCUT2D eigenvalue weighted by molar-refractivity contribution is 5.68. The highest BCUT2D eigenvalue weighted by Crippen LogP contribution is 2.13. The van der Waals surface area contributed by atoms with Gasteiger partial charge in [0.05, 0.1) is 0 Å². The minimum Gasteiger partial charge on any atom is -0.444 e. The second kappa shape index (κ2) is 9.25. The number of aryl methyl sites for hydroxylation is 2. The van der Waals surface area contributed by atoms with Gasteiger partial charge in [-0.15, -0.1) is 0 Å². The molecule has 1 N–H and O–H groups in total. The average molecular weight is 338 g/mol. The first-order chi connectivity index (χ1) is 11.2. The van der Waals surface area contributed by atoms with Crippen LogP contribution < -0.4 is 5.32 Å². The lowest BCUT2D eigenvalue weighted by Gasteiger charge is -2.27. The molecule has 0 saturated carbocycles. The lowest BCUT2D eigenvalue weighted by molar-refractivity contribution is -0.109. The maximum absolute atomic E-state index is 13.6. The maximum Gasteiger partial charge on any atom is 0.410 e. The molecule has 1 aromatic rings. The third-order valence-electron chi connectivity index (χ3n) is 3.39. The Morgan fingerprint density at radius 1 is 1.33 bits per heavy atom. The van der Waals surface area contributed by atoms with Crippen LogP contribution in [-0.4, -0.2) is 42.6 Å². The van der Waals surface area contributed by atoms with Crippen molar-refractivity contribution in [1.82, 2.24) is 10.2 Å². The number of hydrogen-bond acceptors (Lipinski definition) is 3. The molecule has 5 nitrogen and oxygen atoms in total. The Hall–Kier alpha value is -2.11. The van der Waals surface area contributed by atoms with Crippen molar-refractivity contribution in [3.05, 3.63) is 35.1 Å². The van der Waals surface area contributed by atoms with Crippen molar-refractivity contribution < 1.29 is 18.7 Å². The summed E-state index contributed by atoms with van der Waals surface area (Å²) in [7, 11) is 0. The summed E-state index contributed by atoms with van der Waals surface area (Å²) in [5.74, 6) is -0.216. The minimum absolute atomic E-state index is 0.216. The molecule has 0 aliphatic carbocycles. The number of halogens is 1. The van der Waals surface area contributed by atoms with Gasteiger partial charge in [-0.3, -0.25) is 4.79 Å². The van der Waals surface area contributed by atoms with Gasteiger partial charge in [-0.25, -0.2) is 9.18 Å². The third kappa shape index (κ3) is 7.44. The molecule has 1 aromatic carbocycles. The molecule has 0 radical (unpaired) electrons. The first kappa shape index (κ1) is 19.9. The summed E-state index contributed by atoms with van der Waals surface area (Å²) in [6, 6.07) is 5.18. The van der Waals surface area contributed by atoms with Crippen LogP contribution in [0.15, 0.2) is 18.2 Å². The summed E-state index contributed by atoms with van der Waals surface area (Å²) >= 11 is 0. The summed E-state index contributed by atoms with van der Waals surface area (Å²) in [5, 5.41) is 2.54. The zero-order valence-electron chi connectivity index (χ0n) is 14.9. The number of nitrogens with one attached hydrogen (secondary N) is 1. The number of carbonyl (C=O) groups is 2. The lowest BCUT2D eigenvalue weighted by Crippen LogP contribution is -2.41. The molecule has 0 saturated heterocycles. The Balaban J connectivity index is 2.58. The Kier molecular flexibility index (Phi) is 7.68. The van der Waals surface area contributed by atoms with Gasteiger partial charge in [0.2, 0.25) is 6.41 Å². The number of hydrogen-bond donors (Lipinski definition) is 1. The molecule has 0 aromatic heterocycles. The van der Waals surface area contributed by atoms with Crippen LogP contribution in [0.5, 0.6) is 0 Å². The standard InChI is InChI=1S/C18H27FN2O3/c1-14-7-8-15(12-16(14)19)6-5-10-21(11-9-20-13-22)17(23)24-18(2,3)4/h7-8,12-13H,5-6,9-11H2,1-4H3,(H,20,22). The monoisotopic (exact) mass is 338 g/mol. The van der Waals surface area contributed by atoms with Crippen LogP contribution in [0.1, 0.15) is 38.3 Å². The molecule has 0 unspecified atom stereocenters. The molecule has 0 spiro atoms. The van der Waals surface area contributed by atoms with Crippen molar-refractivity contribution in [3.63, 3.8) is 0 Å². The molecule has 24 heavy (non-hydrogen) atoms. The fourth-order valence-corrected chi connectivity index (χ4v) is 2.15. The summed E-state index contributed by atoms with van der Waals surface area (Å²) in [6.45, 7) is 8.36. The summed E-state index contributed by atoms with van der Waals surface area (Å²) in [6.07, 6.45) is 1.54. The predicted molar refractivity (Wildman–Crippen MR) is 91.3 cm³/mol. The van der Waals surface area contributed by atoms with E-state index in [4.69, 9.17) is 4.74 Å². The predicted octanol–water partition coefficient (Wildman–Crippen LogP) is 3.05. The zero-order valence-corrected chi connectivity index (χ0v) is 14.9. The van der Waals surface area contributed by atoms with E-state index in [0.29, 0.717) is 44.4 Å². The van der Waals surface area contributed by atoms with Crippen molar-refractivity contribution in [2.45, 2.75) is 46.1 Å². The van der Waals surface area contributed by atoms with E-state index in [1.54, 1.807) is 17.9 Å². The van der Waals surface area contributed by atoms with E-state index in [0.717, 1.165) is 5.56 Å². The molecule has 134 valence electrons. The van der Waals surface area contributed by atoms with Crippen LogP contribution >= 0.6 is 0 Å². The average Bonchev–Trinajstić information content (AvgIpc) is 2.47. The molecule has 1 rings (SSSR count). The van der Waals surface area contributed by atoms with Crippen LogP contribution in [0.25, 0.3) is 0 Å². The highest BCUT2D eigenvalue weighted by atomic mass is 19.1. The molecule has 0 heterocycles. The Morgan fingerprint density at radius 3 is 2.62 bits per heavy atom. The number of rotatable bonds is 8. The largest absolute Gasteiger partial charge is 0.444 e. The Bertz CT molecular complexity index is 556. The van der Waals surface area contributed by atoms with Crippen molar-refractivity contribution in [3.8, 4) is 0 Å². The van der Waals surface area contributed by atoms with Crippen molar-refractivity contribution in [2.75, 3.05) is 19.6 Å².